The summed E-state index contributed by atoms with van der Waals surface area (Å²) in [5.74, 6) is 2.48. The van der Waals surface area contributed by atoms with Crippen LogP contribution in [0.4, 0.5) is 0 Å². The average Bonchev–Trinajstić information content (AvgIpc) is 2.59. The van der Waals surface area contributed by atoms with Crippen molar-refractivity contribution in [1.82, 2.24) is 10.6 Å². The maximum absolute atomic E-state index is 5.92. The quantitative estimate of drug-likeness (QED) is 0.625. The zero-order valence-corrected chi connectivity index (χ0v) is 14.5. The molecular weight excluding hydrogens is 290 g/mol. The Morgan fingerprint density at radius 3 is 2.70 bits per heavy atom. The third-order valence-corrected chi connectivity index (χ3v) is 4.11. The molecule has 5 heteroatoms. The number of methoxy groups -OCH3 is 1. The summed E-state index contributed by atoms with van der Waals surface area (Å²) >= 11 is 0. The fourth-order valence-electron chi connectivity index (χ4n) is 2.82. The molecule has 2 rings (SSSR count). The predicted octanol–water partition coefficient (Wildman–Crippen LogP) is 2.96. The maximum atomic E-state index is 5.92. The minimum absolute atomic E-state index is 0.0343. The second-order valence-electron chi connectivity index (χ2n) is 6.04. The standard InChI is InChI=1S/C18H29N3O2/c1-14(23-17-11-7-10-16(12-17)22-3)13-20-18(19-2)21-15-8-5-4-6-9-15/h7,10-12,14-15H,4-6,8-9,13H2,1-3H3,(H2,19,20,21). The molecule has 1 aliphatic rings. The van der Waals surface area contributed by atoms with E-state index in [1.54, 1.807) is 7.11 Å². The first-order valence-electron chi connectivity index (χ1n) is 8.49. The van der Waals surface area contributed by atoms with E-state index in [0.717, 1.165) is 17.5 Å². The number of guanidine groups is 1. The molecule has 0 aliphatic heterocycles. The van der Waals surface area contributed by atoms with Gasteiger partial charge in [0.05, 0.1) is 13.7 Å². The number of hydrogen-bond donors (Lipinski definition) is 2. The fourth-order valence-corrected chi connectivity index (χ4v) is 2.82. The molecule has 1 atom stereocenters. The van der Waals surface area contributed by atoms with Crippen molar-refractivity contribution in [3.8, 4) is 11.5 Å². The van der Waals surface area contributed by atoms with Gasteiger partial charge < -0.3 is 20.1 Å². The van der Waals surface area contributed by atoms with Crippen LogP contribution >= 0.6 is 0 Å². The number of nitrogens with one attached hydrogen (secondary N) is 2. The van der Waals surface area contributed by atoms with E-state index >= 15 is 0 Å². The van der Waals surface area contributed by atoms with E-state index in [-0.39, 0.29) is 6.10 Å². The van der Waals surface area contributed by atoms with E-state index in [4.69, 9.17) is 9.47 Å². The Labute approximate surface area is 139 Å². The molecule has 0 amide bonds. The SMILES string of the molecule is CN=C(NCC(C)Oc1cccc(OC)c1)NC1CCCCC1. The molecule has 0 aromatic heterocycles. The van der Waals surface area contributed by atoms with Crippen molar-refractivity contribution in [2.24, 2.45) is 4.99 Å². The lowest BCUT2D eigenvalue weighted by molar-refractivity contribution is 0.222. The lowest BCUT2D eigenvalue weighted by Crippen LogP contribution is -2.46. The molecule has 1 unspecified atom stereocenters. The van der Waals surface area contributed by atoms with Crippen molar-refractivity contribution in [2.45, 2.75) is 51.2 Å². The zero-order chi connectivity index (χ0) is 16.5. The number of benzene rings is 1. The predicted molar refractivity (Wildman–Crippen MR) is 94.5 cm³/mol. The summed E-state index contributed by atoms with van der Waals surface area (Å²) in [6, 6.07) is 8.22. The largest absolute Gasteiger partial charge is 0.497 e. The highest BCUT2D eigenvalue weighted by atomic mass is 16.5. The highest BCUT2D eigenvalue weighted by molar-refractivity contribution is 5.79. The van der Waals surface area contributed by atoms with Gasteiger partial charge in [-0.2, -0.15) is 0 Å². The van der Waals surface area contributed by atoms with Crippen molar-refractivity contribution < 1.29 is 9.47 Å². The second-order valence-corrected chi connectivity index (χ2v) is 6.04. The van der Waals surface area contributed by atoms with Crippen LogP contribution in [0.25, 0.3) is 0 Å². The van der Waals surface area contributed by atoms with Crippen molar-refractivity contribution in [1.29, 1.82) is 0 Å². The first kappa shape index (κ1) is 17.4. The van der Waals surface area contributed by atoms with Gasteiger partial charge in [0.25, 0.3) is 0 Å². The smallest absolute Gasteiger partial charge is 0.191 e. The van der Waals surface area contributed by atoms with Gasteiger partial charge in [-0.25, -0.2) is 0 Å². The van der Waals surface area contributed by atoms with Crippen molar-refractivity contribution in [3.05, 3.63) is 24.3 Å². The molecule has 5 nitrogen and oxygen atoms in total. The lowest BCUT2D eigenvalue weighted by Gasteiger charge is -2.25. The first-order valence-corrected chi connectivity index (χ1v) is 8.49. The van der Waals surface area contributed by atoms with Gasteiger partial charge in [-0.1, -0.05) is 25.3 Å². The van der Waals surface area contributed by atoms with E-state index in [9.17, 15) is 0 Å². The van der Waals surface area contributed by atoms with Crippen LogP contribution in [0.2, 0.25) is 0 Å². The highest BCUT2D eigenvalue weighted by Crippen LogP contribution is 2.20. The van der Waals surface area contributed by atoms with Gasteiger partial charge in [-0.15, -0.1) is 0 Å². The summed E-state index contributed by atoms with van der Waals surface area (Å²) in [7, 11) is 3.47. The van der Waals surface area contributed by atoms with Crippen molar-refractivity contribution in [2.75, 3.05) is 20.7 Å². The molecule has 128 valence electrons. The molecule has 0 spiro atoms. The summed E-state index contributed by atoms with van der Waals surface area (Å²) in [4.78, 5) is 4.31. The Hall–Kier alpha value is -1.91. The van der Waals surface area contributed by atoms with Gasteiger partial charge in [-0.3, -0.25) is 4.99 Å². The summed E-state index contributed by atoms with van der Waals surface area (Å²) in [6.45, 7) is 2.74. The van der Waals surface area contributed by atoms with Crippen LogP contribution in [-0.4, -0.2) is 38.8 Å². The zero-order valence-electron chi connectivity index (χ0n) is 14.5. The maximum Gasteiger partial charge on any atom is 0.191 e. The Kier molecular flexibility index (Phi) is 7.04. The minimum Gasteiger partial charge on any atom is -0.497 e. The van der Waals surface area contributed by atoms with Crippen LogP contribution in [0.3, 0.4) is 0 Å². The minimum atomic E-state index is 0.0343. The summed E-state index contributed by atoms with van der Waals surface area (Å²) in [5, 5.41) is 6.85. The Balaban J connectivity index is 1.76. The monoisotopic (exact) mass is 319 g/mol. The Bertz CT molecular complexity index is 499. The van der Waals surface area contributed by atoms with Crippen molar-refractivity contribution in [3.63, 3.8) is 0 Å². The van der Waals surface area contributed by atoms with E-state index < -0.39 is 0 Å². The molecule has 0 saturated heterocycles. The van der Waals surface area contributed by atoms with Gasteiger partial charge in [0.2, 0.25) is 0 Å². The normalized spacial score (nSPS) is 17.4. The van der Waals surface area contributed by atoms with Gasteiger partial charge in [-0.05, 0) is 31.9 Å². The fraction of sp³-hybridized carbons (Fsp3) is 0.611. The number of hydrogen-bond acceptors (Lipinski definition) is 3. The molecule has 0 heterocycles. The third-order valence-electron chi connectivity index (χ3n) is 4.11. The summed E-state index contributed by atoms with van der Waals surface area (Å²) in [5.41, 5.74) is 0. The van der Waals surface area contributed by atoms with E-state index in [2.05, 4.69) is 15.6 Å². The van der Waals surface area contributed by atoms with Gasteiger partial charge in [0, 0.05) is 19.2 Å². The van der Waals surface area contributed by atoms with E-state index in [1.165, 1.54) is 32.1 Å². The number of nitrogens with zero attached hydrogens (tertiary/aromatic N) is 1. The van der Waals surface area contributed by atoms with Crippen LogP contribution in [0.1, 0.15) is 39.0 Å². The van der Waals surface area contributed by atoms with E-state index in [1.807, 2.05) is 38.2 Å². The topological polar surface area (TPSA) is 54.9 Å². The molecule has 2 N–H and O–H groups in total. The van der Waals surface area contributed by atoms with Crippen LogP contribution in [0.15, 0.2) is 29.3 Å². The number of aliphatic imine (C=N–C) groups is 1. The molecule has 1 aliphatic carbocycles. The van der Waals surface area contributed by atoms with Crippen LogP contribution in [-0.2, 0) is 0 Å². The van der Waals surface area contributed by atoms with Gasteiger partial charge >= 0.3 is 0 Å². The van der Waals surface area contributed by atoms with Gasteiger partial charge in [0.15, 0.2) is 5.96 Å². The summed E-state index contributed by atoms with van der Waals surface area (Å²) in [6.07, 6.45) is 6.48. The van der Waals surface area contributed by atoms with Crippen LogP contribution < -0.4 is 20.1 Å². The van der Waals surface area contributed by atoms with E-state index in [0.29, 0.717) is 12.6 Å². The molecule has 0 bridgehead atoms. The first-order chi connectivity index (χ1) is 11.2. The number of rotatable bonds is 6. The summed E-state index contributed by atoms with van der Waals surface area (Å²) < 4.78 is 11.1. The Morgan fingerprint density at radius 2 is 2.00 bits per heavy atom. The lowest BCUT2D eigenvalue weighted by atomic mass is 9.96. The molecule has 1 aromatic carbocycles. The third kappa shape index (κ3) is 6.00. The Morgan fingerprint density at radius 1 is 1.26 bits per heavy atom. The van der Waals surface area contributed by atoms with Crippen LogP contribution in [0, 0.1) is 0 Å². The second kappa shape index (κ2) is 9.28. The van der Waals surface area contributed by atoms with Crippen molar-refractivity contribution >= 4 is 5.96 Å². The molecule has 1 aromatic rings. The van der Waals surface area contributed by atoms with Gasteiger partial charge in [0.1, 0.15) is 17.6 Å². The molecule has 23 heavy (non-hydrogen) atoms. The molecule has 0 radical (unpaired) electrons. The highest BCUT2D eigenvalue weighted by Gasteiger charge is 2.15. The molecular formula is C18H29N3O2. The average molecular weight is 319 g/mol. The number of ether oxygens (including phenoxy) is 2. The molecule has 1 fully saturated rings. The van der Waals surface area contributed by atoms with Crippen LogP contribution in [0.5, 0.6) is 11.5 Å². The molecule has 1 saturated carbocycles.